The van der Waals surface area contributed by atoms with Crippen molar-refractivity contribution in [3.05, 3.63) is 30.0 Å². The molecule has 1 aromatic carbocycles. The maximum absolute atomic E-state index is 5.46. The van der Waals surface area contributed by atoms with E-state index in [4.69, 9.17) is 4.74 Å². The van der Waals surface area contributed by atoms with Crippen LogP contribution in [0.4, 0.5) is 5.69 Å². The van der Waals surface area contributed by atoms with Crippen LogP contribution in [-0.4, -0.2) is 25.2 Å². The topological polar surface area (TPSA) is 25.4 Å². The van der Waals surface area contributed by atoms with E-state index < -0.39 is 0 Å². The molecule has 2 rings (SSSR count). The largest absolute Gasteiger partial charge is 0.494 e. The standard InChI is InChI=1S/C17H24N2O/c1-5-10-19(11-6-2)15-12-13(3)18-17-14(15)8-7-9-16(17)20-4/h7-9,12H,5-6,10-11H2,1-4H3. The van der Waals surface area contributed by atoms with Crippen molar-refractivity contribution in [1.29, 1.82) is 0 Å². The van der Waals surface area contributed by atoms with E-state index in [0.29, 0.717) is 0 Å². The number of aryl methyl sites for hydroxylation is 1. The Labute approximate surface area is 121 Å². The molecular weight excluding hydrogens is 248 g/mol. The first kappa shape index (κ1) is 14.6. The number of pyridine rings is 1. The van der Waals surface area contributed by atoms with Crippen LogP contribution in [0.15, 0.2) is 24.3 Å². The Bertz CT molecular complexity index is 574. The van der Waals surface area contributed by atoms with Crippen molar-refractivity contribution < 1.29 is 4.74 Å². The Balaban J connectivity index is 2.61. The van der Waals surface area contributed by atoms with Crippen LogP contribution >= 0.6 is 0 Å². The van der Waals surface area contributed by atoms with E-state index in [1.165, 1.54) is 11.1 Å². The van der Waals surface area contributed by atoms with Gasteiger partial charge in [0.1, 0.15) is 11.3 Å². The van der Waals surface area contributed by atoms with Crippen molar-refractivity contribution in [2.75, 3.05) is 25.1 Å². The molecule has 0 unspecified atom stereocenters. The van der Waals surface area contributed by atoms with Crippen molar-refractivity contribution >= 4 is 16.6 Å². The minimum Gasteiger partial charge on any atom is -0.494 e. The van der Waals surface area contributed by atoms with Gasteiger partial charge in [0.25, 0.3) is 0 Å². The molecule has 0 aliphatic heterocycles. The molecule has 0 atom stereocenters. The Morgan fingerprint density at radius 2 is 1.85 bits per heavy atom. The third kappa shape index (κ3) is 2.87. The second-order valence-corrected chi connectivity index (χ2v) is 5.13. The minimum atomic E-state index is 0.848. The predicted octanol–water partition coefficient (Wildman–Crippen LogP) is 4.18. The maximum Gasteiger partial charge on any atom is 0.145 e. The van der Waals surface area contributed by atoms with Gasteiger partial charge in [-0.25, -0.2) is 4.98 Å². The van der Waals surface area contributed by atoms with Crippen LogP contribution in [0.25, 0.3) is 10.9 Å². The molecule has 0 radical (unpaired) electrons. The number of methoxy groups -OCH3 is 1. The maximum atomic E-state index is 5.46. The first-order valence-corrected chi connectivity index (χ1v) is 7.40. The summed E-state index contributed by atoms with van der Waals surface area (Å²) in [4.78, 5) is 7.11. The number of hydrogen-bond acceptors (Lipinski definition) is 3. The molecule has 2 aromatic rings. The zero-order valence-corrected chi connectivity index (χ0v) is 12.9. The fourth-order valence-electron chi connectivity index (χ4n) is 2.65. The lowest BCUT2D eigenvalue weighted by Gasteiger charge is -2.26. The second-order valence-electron chi connectivity index (χ2n) is 5.13. The van der Waals surface area contributed by atoms with Crippen LogP contribution in [0.5, 0.6) is 5.75 Å². The van der Waals surface area contributed by atoms with Gasteiger partial charge in [0, 0.05) is 29.9 Å². The zero-order valence-electron chi connectivity index (χ0n) is 12.9. The van der Waals surface area contributed by atoms with Gasteiger partial charge in [-0.15, -0.1) is 0 Å². The average molecular weight is 272 g/mol. The first-order chi connectivity index (χ1) is 9.71. The minimum absolute atomic E-state index is 0.848. The van der Waals surface area contributed by atoms with Gasteiger partial charge in [-0.3, -0.25) is 0 Å². The number of hydrogen-bond donors (Lipinski definition) is 0. The van der Waals surface area contributed by atoms with E-state index in [1.54, 1.807) is 7.11 Å². The molecule has 0 saturated carbocycles. The van der Waals surface area contributed by atoms with Crippen LogP contribution in [-0.2, 0) is 0 Å². The molecule has 0 saturated heterocycles. The molecule has 3 nitrogen and oxygen atoms in total. The van der Waals surface area contributed by atoms with Crippen molar-refractivity contribution in [2.45, 2.75) is 33.6 Å². The number of rotatable bonds is 6. The zero-order chi connectivity index (χ0) is 14.5. The summed E-state index contributed by atoms with van der Waals surface area (Å²) in [5.41, 5.74) is 3.27. The molecule has 3 heteroatoms. The molecule has 0 N–H and O–H groups in total. The van der Waals surface area contributed by atoms with Crippen molar-refractivity contribution in [3.63, 3.8) is 0 Å². The highest BCUT2D eigenvalue weighted by Gasteiger charge is 2.13. The summed E-state index contributed by atoms with van der Waals surface area (Å²) >= 11 is 0. The van der Waals surface area contributed by atoms with Crippen LogP contribution in [0, 0.1) is 6.92 Å². The van der Waals surface area contributed by atoms with Gasteiger partial charge in [-0.1, -0.05) is 26.0 Å². The molecular formula is C17H24N2O. The highest BCUT2D eigenvalue weighted by atomic mass is 16.5. The van der Waals surface area contributed by atoms with Gasteiger partial charge in [0.2, 0.25) is 0 Å². The first-order valence-electron chi connectivity index (χ1n) is 7.40. The van der Waals surface area contributed by atoms with Gasteiger partial charge in [-0.05, 0) is 31.9 Å². The normalized spacial score (nSPS) is 10.8. The van der Waals surface area contributed by atoms with Gasteiger partial charge < -0.3 is 9.64 Å². The van der Waals surface area contributed by atoms with E-state index in [9.17, 15) is 0 Å². The van der Waals surface area contributed by atoms with Crippen LogP contribution in [0.2, 0.25) is 0 Å². The Morgan fingerprint density at radius 1 is 1.15 bits per heavy atom. The summed E-state index contributed by atoms with van der Waals surface area (Å²) in [6.07, 6.45) is 2.29. The second kappa shape index (κ2) is 6.60. The summed E-state index contributed by atoms with van der Waals surface area (Å²) in [7, 11) is 1.70. The average Bonchev–Trinajstić information content (AvgIpc) is 2.45. The molecule has 1 heterocycles. The van der Waals surface area contributed by atoms with E-state index in [-0.39, 0.29) is 0 Å². The number of anilines is 1. The SMILES string of the molecule is CCCN(CCC)c1cc(C)nc2c(OC)cccc12. The van der Waals surface area contributed by atoms with Crippen molar-refractivity contribution in [1.82, 2.24) is 4.98 Å². The molecule has 1 aromatic heterocycles. The Morgan fingerprint density at radius 3 is 2.45 bits per heavy atom. The fourth-order valence-corrected chi connectivity index (χ4v) is 2.65. The number of benzene rings is 1. The summed E-state index contributed by atoms with van der Waals surface area (Å²) < 4.78 is 5.46. The number of fused-ring (bicyclic) bond motifs is 1. The highest BCUT2D eigenvalue weighted by molar-refractivity contribution is 5.95. The quantitative estimate of drug-likeness (QED) is 0.789. The summed E-state index contributed by atoms with van der Waals surface area (Å²) in [5.74, 6) is 0.848. The van der Waals surface area contributed by atoms with Gasteiger partial charge in [0.05, 0.1) is 7.11 Å². The fraction of sp³-hybridized carbons (Fsp3) is 0.471. The summed E-state index contributed by atoms with van der Waals surface area (Å²) in [5, 5.41) is 1.18. The van der Waals surface area contributed by atoms with Gasteiger partial charge >= 0.3 is 0 Å². The van der Waals surface area contributed by atoms with Crippen LogP contribution in [0.1, 0.15) is 32.4 Å². The summed E-state index contributed by atoms with van der Waals surface area (Å²) in [6.45, 7) is 8.64. The molecule has 0 spiro atoms. The molecule has 0 aliphatic rings. The molecule has 0 bridgehead atoms. The third-order valence-electron chi connectivity index (χ3n) is 3.46. The highest BCUT2D eigenvalue weighted by Crippen LogP contribution is 2.32. The lowest BCUT2D eigenvalue weighted by molar-refractivity contribution is 0.419. The van der Waals surface area contributed by atoms with E-state index in [2.05, 4.69) is 35.9 Å². The summed E-state index contributed by atoms with van der Waals surface area (Å²) in [6, 6.07) is 8.34. The monoisotopic (exact) mass is 272 g/mol. The Kier molecular flexibility index (Phi) is 4.83. The van der Waals surface area contributed by atoms with Crippen LogP contribution in [0.3, 0.4) is 0 Å². The molecule has 20 heavy (non-hydrogen) atoms. The number of ether oxygens (including phenoxy) is 1. The van der Waals surface area contributed by atoms with E-state index in [1.807, 2.05) is 19.1 Å². The van der Waals surface area contributed by atoms with Gasteiger partial charge in [0.15, 0.2) is 0 Å². The van der Waals surface area contributed by atoms with E-state index in [0.717, 1.165) is 42.9 Å². The lowest BCUT2D eigenvalue weighted by Crippen LogP contribution is -2.25. The third-order valence-corrected chi connectivity index (χ3v) is 3.46. The van der Waals surface area contributed by atoms with E-state index >= 15 is 0 Å². The molecule has 0 aliphatic carbocycles. The van der Waals surface area contributed by atoms with Crippen molar-refractivity contribution in [2.24, 2.45) is 0 Å². The van der Waals surface area contributed by atoms with Crippen LogP contribution < -0.4 is 9.64 Å². The number of para-hydroxylation sites is 1. The van der Waals surface area contributed by atoms with Crippen molar-refractivity contribution in [3.8, 4) is 5.75 Å². The number of aromatic nitrogens is 1. The molecule has 108 valence electrons. The smallest absolute Gasteiger partial charge is 0.145 e. The molecule has 0 fully saturated rings. The number of nitrogens with zero attached hydrogens (tertiary/aromatic N) is 2. The molecule has 0 amide bonds. The van der Waals surface area contributed by atoms with Gasteiger partial charge in [-0.2, -0.15) is 0 Å². The Hall–Kier alpha value is -1.77. The predicted molar refractivity (Wildman–Crippen MR) is 85.8 cm³/mol. The lowest BCUT2D eigenvalue weighted by atomic mass is 10.1.